The predicted molar refractivity (Wildman–Crippen MR) is 72.2 cm³/mol. The number of hydrogen-bond donors (Lipinski definition) is 2. The number of hydrogen-bond acceptors (Lipinski definition) is 2. The first-order chi connectivity index (χ1) is 8.56. The largest absolute Gasteiger partial charge is 0.507 e. The molecule has 0 aromatic heterocycles. The van der Waals surface area contributed by atoms with Crippen LogP contribution in [0.1, 0.15) is 15.9 Å². The molecule has 0 bridgehead atoms. The van der Waals surface area contributed by atoms with Crippen molar-refractivity contribution in [3.63, 3.8) is 0 Å². The number of anilines is 1. The highest BCUT2D eigenvalue weighted by Crippen LogP contribution is 2.20. The Morgan fingerprint density at radius 3 is 2.44 bits per heavy atom. The van der Waals surface area contributed by atoms with Gasteiger partial charge >= 0.3 is 0 Å². The van der Waals surface area contributed by atoms with Gasteiger partial charge in [-0.1, -0.05) is 17.7 Å². The number of phenolic OH excluding ortho intramolecular Hbond substituents is 1. The molecule has 0 aliphatic heterocycles. The van der Waals surface area contributed by atoms with Gasteiger partial charge in [-0.2, -0.15) is 0 Å². The maximum Gasteiger partial charge on any atom is 0.259 e. The first-order valence-corrected chi connectivity index (χ1v) is 5.80. The second-order valence-corrected chi connectivity index (χ2v) is 4.42. The molecule has 0 radical (unpaired) electrons. The van der Waals surface area contributed by atoms with Gasteiger partial charge in [0.1, 0.15) is 5.75 Å². The summed E-state index contributed by atoms with van der Waals surface area (Å²) in [6.07, 6.45) is 0. The predicted octanol–water partition coefficient (Wildman–Crippen LogP) is 3.61. The quantitative estimate of drug-likeness (QED) is 0.868. The van der Waals surface area contributed by atoms with E-state index in [9.17, 15) is 9.90 Å². The third kappa shape index (κ3) is 2.81. The molecule has 0 spiro atoms. The number of rotatable bonds is 2. The van der Waals surface area contributed by atoms with Crippen LogP contribution in [0.5, 0.6) is 5.75 Å². The lowest BCUT2D eigenvalue weighted by Crippen LogP contribution is -2.11. The summed E-state index contributed by atoms with van der Waals surface area (Å²) >= 11 is 5.76. The lowest BCUT2D eigenvalue weighted by molar-refractivity contribution is 0.102. The maximum absolute atomic E-state index is 11.9. The number of halogens is 1. The van der Waals surface area contributed by atoms with Crippen LogP contribution in [0.25, 0.3) is 0 Å². The number of aryl methyl sites for hydroxylation is 1. The minimum absolute atomic E-state index is 0.0264. The number of carbonyl (C=O) groups is 1. The third-order valence-electron chi connectivity index (χ3n) is 2.50. The topological polar surface area (TPSA) is 49.3 Å². The van der Waals surface area contributed by atoms with Crippen molar-refractivity contribution < 1.29 is 9.90 Å². The number of aromatic hydroxyl groups is 1. The molecule has 2 aromatic rings. The lowest BCUT2D eigenvalue weighted by Gasteiger charge is -2.07. The van der Waals surface area contributed by atoms with Crippen molar-refractivity contribution in [2.24, 2.45) is 0 Å². The summed E-state index contributed by atoms with van der Waals surface area (Å²) in [6, 6.07) is 11.7. The van der Waals surface area contributed by atoms with E-state index in [4.69, 9.17) is 11.6 Å². The second kappa shape index (κ2) is 5.10. The molecule has 0 saturated carbocycles. The van der Waals surface area contributed by atoms with Gasteiger partial charge in [0.25, 0.3) is 5.91 Å². The molecule has 0 saturated heterocycles. The normalized spacial score (nSPS) is 10.1. The van der Waals surface area contributed by atoms with Crippen LogP contribution in [0.15, 0.2) is 42.5 Å². The standard InChI is InChI=1S/C14H12ClNO2/c1-9-2-7-12(13(17)8-9)14(18)16-11-5-3-10(15)4-6-11/h2-8,17H,1H3,(H,16,18). The van der Waals surface area contributed by atoms with Crippen LogP contribution in [-0.2, 0) is 0 Å². The number of amides is 1. The molecule has 92 valence electrons. The van der Waals surface area contributed by atoms with E-state index >= 15 is 0 Å². The van der Waals surface area contributed by atoms with E-state index in [1.807, 2.05) is 6.92 Å². The van der Waals surface area contributed by atoms with Crippen LogP contribution in [-0.4, -0.2) is 11.0 Å². The highest BCUT2D eigenvalue weighted by atomic mass is 35.5. The van der Waals surface area contributed by atoms with E-state index in [0.717, 1.165) is 5.56 Å². The third-order valence-corrected chi connectivity index (χ3v) is 2.75. The van der Waals surface area contributed by atoms with Gasteiger partial charge in [0.05, 0.1) is 5.56 Å². The van der Waals surface area contributed by atoms with Gasteiger partial charge < -0.3 is 10.4 Å². The Balaban J connectivity index is 2.19. The Bertz CT molecular complexity index is 579. The summed E-state index contributed by atoms with van der Waals surface area (Å²) in [5, 5.41) is 13.0. The van der Waals surface area contributed by atoms with E-state index in [0.29, 0.717) is 10.7 Å². The summed E-state index contributed by atoms with van der Waals surface area (Å²) in [6.45, 7) is 1.85. The summed E-state index contributed by atoms with van der Waals surface area (Å²) in [5.41, 5.74) is 1.77. The Labute approximate surface area is 110 Å². The zero-order valence-electron chi connectivity index (χ0n) is 9.77. The van der Waals surface area contributed by atoms with Gasteiger partial charge in [-0.05, 0) is 48.9 Å². The molecule has 18 heavy (non-hydrogen) atoms. The van der Waals surface area contributed by atoms with Gasteiger partial charge in [0.15, 0.2) is 0 Å². The van der Waals surface area contributed by atoms with E-state index < -0.39 is 0 Å². The zero-order valence-corrected chi connectivity index (χ0v) is 10.5. The molecule has 0 aliphatic rings. The molecule has 2 aromatic carbocycles. The Hall–Kier alpha value is -2.00. The molecule has 2 rings (SSSR count). The van der Waals surface area contributed by atoms with Crippen LogP contribution in [0, 0.1) is 6.92 Å². The van der Waals surface area contributed by atoms with Gasteiger partial charge in [-0.3, -0.25) is 4.79 Å². The number of carbonyl (C=O) groups excluding carboxylic acids is 1. The molecular weight excluding hydrogens is 250 g/mol. The van der Waals surface area contributed by atoms with E-state index in [2.05, 4.69) is 5.32 Å². The summed E-state index contributed by atoms with van der Waals surface area (Å²) in [5.74, 6) is -0.378. The lowest BCUT2D eigenvalue weighted by atomic mass is 10.1. The molecular formula is C14H12ClNO2. The van der Waals surface area contributed by atoms with Crippen LogP contribution in [0.3, 0.4) is 0 Å². The molecule has 0 aliphatic carbocycles. The van der Waals surface area contributed by atoms with E-state index in [1.54, 1.807) is 42.5 Å². The molecule has 4 heteroatoms. The minimum Gasteiger partial charge on any atom is -0.507 e. The van der Waals surface area contributed by atoms with Gasteiger partial charge in [0.2, 0.25) is 0 Å². The number of benzene rings is 2. The fraction of sp³-hybridized carbons (Fsp3) is 0.0714. The van der Waals surface area contributed by atoms with Crippen molar-refractivity contribution in [3.05, 3.63) is 58.6 Å². The molecule has 0 fully saturated rings. The number of phenols is 1. The smallest absolute Gasteiger partial charge is 0.259 e. The zero-order chi connectivity index (χ0) is 13.1. The van der Waals surface area contributed by atoms with Crippen molar-refractivity contribution in [2.75, 3.05) is 5.32 Å². The van der Waals surface area contributed by atoms with Crippen molar-refractivity contribution in [1.29, 1.82) is 0 Å². The molecule has 0 unspecified atom stereocenters. The average Bonchev–Trinajstić information content (AvgIpc) is 2.32. The van der Waals surface area contributed by atoms with Crippen LogP contribution in [0.2, 0.25) is 5.02 Å². The average molecular weight is 262 g/mol. The Morgan fingerprint density at radius 1 is 1.17 bits per heavy atom. The van der Waals surface area contributed by atoms with Gasteiger partial charge in [-0.25, -0.2) is 0 Å². The highest BCUT2D eigenvalue weighted by Gasteiger charge is 2.10. The summed E-state index contributed by atoms with van der Waals surface area (Å²) in [7, 11) is 0. The number of nitrogens with one attached hydrogen (secondary N) is 1. The first kappa shape index (κ1) is 12.5. The van der Waals surface area contributed by atoms with Crippen LogP contribution in [0.4, 0.5) is 5.69 Å². The van der Waals surface area contributed by atoms with Crippen molar-refractivity contribution in [2.45, 2.75) is 6.92 Å². The Kier molecular flexibility index (Phi) is 3.53. The molecule has 3 nitrogen and oxygen atoms in total. The van der Waals surface area contributed by atoms with Gasteiger partial charge in [0, 0.05) is 10.7 Å². The maximum atomic E-state index is 11.9. The highest BCUT2D eigenvalue weighted by molar-refractivity contribution is 6.30. The first-order valence-electron chi connectivity index (χ1n) is 5.43. The summed E-state index contributed by atoms with van der Waals surface area (Å²) < 4.78 is 0. The SMILES string of the molecule is Cc1ccc(C(=O)Nc2ccc(Cl)cc2)c(O)c1. The van der Waals surface area contributed by atoms with Crippen molar-refractivity contribution >= 4 is 23.2 Å². The monoisotopic (exact) mass is 261 g/mol. The fourth-order valence-electron chi connectivity index (χ4n) is 1.57. The fourth-order valence-corrected chi connectivity index (χ4v) is 1.69. The molecule has 0 heterocycles. The van der Waals surface area contributed by atoms with Gasteiger partial charge in [-0.15, -0.1) is 0 Å². The minimum atomic E-state index is -0.352. The van der Waals surface area contributed by atoms with Crippen molar-refractivity contribution in [1.82, 2.24) is 0 Å². The Morgan fingerprint density at radius 2 is 1.83 bits per heavy atom. The second-order valence-electron chi connectivity index (χ2n) is 3.98. The van der Waals surface area contributed by atoms with E-state index in [1.165, 1.54) is 0 Å². The van der Waals surface area contributed by atoms with Crippen LogP contribution >= 0.6 is 11.6 Å². The summed E-state index contributed by atoms with van der Waals surface area (Å²) in [4.78, 5) is 11.9. The molecule has 2 N–H and O–H groups in total. The van der Waals surface area contributed by atoms with Crippen molar-refractivity contribution in [3.8, 4) is 5.75 Å². The molecule has 1 amide bonds. The van der Waals surface area contributed by atoms with E-state index in [-0.39, 0.29) is 17.2 Å². The molecule has 0 atom stereocenters. The van der Waals surface area contributed by atoms with Crippen LogP contribution < -0.4 is 5.32 Å².